The fourth-order valence-electron chi connectivity index (χ4n) is 2.39. The molecule has 4 heteroatoms. The Morgan fingerprint density at radius 3 is 2.89 bits per heavy atom. The molecule has 0 bridgehead atoms. The first-order valence-electron chi connectivity index (χ1n) is 6.59. The molecule has 3 rings (SSSR count). The molecule has 2 aromatic rings. The van der Waals surface area contributed by atoms with Crippen LogP contribution in [-0.2, 0) is 13.1 Å². The van der Waals surface area contributed by atoms with Crippen LogP contribution in [0.25, 0.3) is 11.4 Å². The van der Waals surface area contributed by atoms with Crippen molar-refractivity contribution < 1.29 is 4.74 Å². The van der Waals surface area contributed by atoms with Crippen LogP contribution < -0.4 is 10.1 Å². The summed E-state index contributed by atoms with van der Waals surface area (Å²) < 4.78 is 5.66. The minimum Gasteiger partial charge on any atom is -0.493 e. The average molecular weight is 255 g/mol. The number of para-hydroxylation sites is 1. The molecule has 1 aliphatic rings. The predicted molar refractivity (Wildman–Crippen MR) is 73.9 cm³/mol. The van der Waals surface area contributed by atoms with E-state index >= 15 is 0 Å². The first-order valence-corrected chi connectivity index (χ1v) is 6.59. The number of fused-ring (bicyclic) bond motifs is 1. The number of aryl methyl sites for hydroxylation is 1. The zero-order chi connectivity index (χ0) is 13.2. The van der Waals surface area contributed by atoms with Crippen LogP contribution in [0.3, 0.4) is 0 Å². The molecule has 0 saturated carbocycles. The molecular formula is C15H17N3O. The van der Waals surface area contributed by atoms with Crippen LogP contribution in [0.1, 0.15) is 23.9 Å². The van der Waals surface area contributed by atoms with Crippen LogP contribution in [-0.4, -0.2) is 16.6 Å². The summed E-state index contributed by atoms with van der Waals surface area (Å²) in [6, 6.07) is 7.93. The summed E-state index contributed by atoms with van der Waals surface area (Å²) in [7, 11) is 0. The van der Waals surface area contributed by atoms with Crippen molar-refractivity contribution in [3.05, 3.63) is 41.2 Å². The van der Waals surface area contributed by atoms with Gasteiger partial charge in [0.2, 0.25) is 0 Å². The first kappa shape index (κ1) is 12.1. The number of benzene rings is 1. The van der Waals surface area contributed by atoms with E-state index in [4.69, 9.17) is 4.74 Å². The van der Waals surface area contributed by atoms with Gasteiger partial charge in [0, 0.05) is 24.3 Å². The van der Waals surface area contributed by atoms with Gasteiger partial charge in [-0.25, -0.2) is 9.97 Å². The standard InChI is InChI=1S/C15H17N3O/c1-3-19-14-7-5-4-6-11(14)15-17-10(2)12-8-16-9-13(12)18-15/h4-7,16H,3,8-9H2,1-2H3. The maximum atomic E-state index is 5.66. The van der Waals surface area contributed by atoms with Gasteiger partial charge in [-0.05, 0) is 26.0 Å². The molecule has 1 aromatic heterocycles. The zero-order valence-electron chi connectivity index (χ0n) is 11.2. The minimum atomic E-state index is 0.641. The molecule has 0 amide bonds. The van der Waals surface area contributed by atoms with E-state index in [2.05, 4.69) is 15.3 Å². The molecule has 0 atom stereocenters. The maximum Gasteiger partial charge on any atom is 0.163 e. The fourth-order valence-corrected chi connectivity index (χ4v) is 2.39. The van der Waals surface area contributed by atoms with E-state index in [1.807, 2.05) is 38.1 Å². The Balaban J connectivity index is 2.10. The van der Waals surface area contributed by atoms with Crippen LogP contribution in [0.2, 0.25) is 0 Å². The summed E-state index contributed by atoms with van der Waals surface area (Å²) in [4.78, 5) is 9.30. The van der Waals surface area contributed by atoms with Crippen molar-refractivity contribution >= 4 is 0 Å². The Hall–Kier alpha value is -1.94. The Labute approximate surface area is 112 Å². The summed E-state index contributed by atoms with van der Waals surface area (Å²) in [6.45, 7) is 6.36. The van der Waals surface area contributed by atoms with Gasteiger partial charge in [-0.1, -0.05) is 12.1 Å². The van der Waals surface area contributed by atoms with E-state index in [0.29, 0.717) is 6.61 Å². The SMILES string of the molecule is CCOc1ccccc1-c1nc(C)c2c(n1)CNC2. The molecule has 2 heterocycles. The molecule has 1 aromatic carbocycles. The maximum absolute atomic E-state index is 5.66. The highest BCUT2D eigenvalue weighted by molar-refractivity contribution is 5.64. The number of hydrogen-bond acceptors (Lipinski definition) is 4. The summed E-state index contributed by atoms with van der Waals surface area (Å²) in [5.41, 5.74) is 4.35. The van der Waals surface area contributed by atoms with E-state index < -0.39 is 0 Å². The largest absolute Gasteiger partial charge is 0.493 e. The number of rotatable bonds is 3. The highest BCUT2D eigenvalue weighted by atomic mass is 16.5. The molecule has 98 valence electrons. The van der Waals surface area contributed by atoms with E-state index in [1.54, 1.807) is 0 Å². The van der Waals surface area contributed by atoms with Crippen molar-refractivity contribution in [2.24, 2.45) is 0 Å². The number of ether oxygens (including phenoxy) is 1. The zero-order valence-corrected chi connectivity index (χ0v) is 11.2. The Bertz CT molecular complexity index is 610. The lowest BCUT2D eigenvalue weighted by molar-refractivity contribution is 0.341. The normalized spacial score (nSPS) is 13.4. The first-order chi connectivity index (χ1) is 9.29. The lowest BCUT2D eigenvalue weighted by atomic mass is 10.1. The van der Waals surface area contributed by atoms with Crippen molar-refractivity contribution in [2.75, 3.05) is 6.61 Å². The molecule has 1 N–H and O–H groups in total. The Kier molecular flexibility index (Phi) is 3.17. The topological polar surface area (TPSA) is 47.0 Å². The van der Waals surface area contributed by atoms with Gasteiger partial charge in [0.1, 0.15) is 5.75 Å². The van der Waals surface area contributed by atoms with Crippen molar-refractivity contribution in [1.82, 2.24) is 15.3 Å². The van der Waals surface area contributed by atoms with Crippen molar-refractivity contribution in [3.8, 4) is 17.1 Å². The highest BCUT2D eigenvalue weighted by Crippen LogP contribution is 2.29. The third-order valence-corrected chi connectivity index (χ3v) is 3.32. The number of nitrogens with zero attached hydrogens (tertiary/aromatic N) is 2. The second kappa shape index (κ2) is 4.97. The van der Waals surface area contributed by atoms with E-state index in [1.165, 1.54) is 5.56 Å². The van der Waals surface area contributed by atoms with Crippen molar-refractivity contribution in [2.45, 2.75) is 26.9 Å². The number of aromatic nitrogens is 2. The van der Waals surface area contributed by atoms with E-state index in [9.17, 15) is 0 Å². The van der Waals surface area contributed by atoms with Crippen LogP contribution in [0.15, 0.2) is 24.3 Å². The summed E-state index contributed by atoms with van der Waals surface area (Å²) in [5, 5.41) is 3.31. The Morgan fingerprint density at radius 1 is 1.21 bits per heavy atom. The van der Waals surface area contributed by atoms with Gasteiger partial charge in [0.15, 0.2) is 5.82 Å². The number of hydrogen-bond donors (Lipinski definition) is 1. The lowest BCUT2D eigenvalue weighted by Gasteiger charge is -2.11. The van der Waals surface area contributed by atoms with E-state index in [-0.39, 0.29) is 0 Å². The van der Waals surface area contributed by atoms with Crippen molar-refractivity contribution in [1.29, 1.82) is 0 Å². The molecule has 0 aliphatic carbocycles. The second-order valence-corrected chi connectivity index (χ2v) is 4.59. The molecule has 4 nitrogen and oxygen atoms in total. The summed E-state index contributed by atoms with van der Waals surface area (Å²) in [6.07, 6.45) is 0. The molecule has 0 fully saturated rings. The van der Waals surface area contributed by atoms with Gasteiger partial charge < -0.3 is 10.1 Å². The molecule has 0 radical (unpaired) electrons. The smallest absolute Gasteiger partial charge is 0.163 e. The third kappa shape index (κ3) is 2.19. The average Bonchev–Trinajstić information content (AvgIpc) is 2.88. The minimum absolute atomic E-state index is 0.641. The van der Waals surface area contributed by atoms with Gasteiger partial charge >= 0.3 is 0 Å². The van der Waals surface area contributed by atoms with Crippen LogP contribution in [0, 0.1) is 6.92 Å². The molecular weight excluding hydrogens is 238 g/mol. The van der Waals surface area contributed by atoms with Crippen LogP contribution in [0.5, 0.6) is 5.75 Å². The Morgan fingerprint density at radius 2 is 2.05 bits per heavy atom. The molecule has 1 aliphatic heterocycles. The summed E-state index contributed by atoms with van der Waals surface area (Å²) in [5.74, 6) is 1.60. The second-order valence-electron chi connectivity index (χ2n) is 4.59. The molecule has 19 heavy (non-hydrogen) atoms. The van der Waals surface area contributed by atoms with E-state index in [0.717, 1.165) is 41.6 Å². The molecule has 0 spiro atoms. The fraction of sp³-hybridized carbons (Fsp3) is 0.333. The van der Waals surface area contributed by atoms with Gasteiger partial charge in [0.05, 0.1) is 17.9 Å². The van der Waals surface area contributed by atoms with Gasteiger partial charge in [-0.2, -0.15) is 0 Å². The van der Waals surface area contributed by atoms with Crippen LogP contribution >= 0.6 is 0 Å². The number of nitrogens with one attached hydrogen (secondary N) is 1. The van der Waals surface area contributed by atoms with Crippen LogP contribution in [0.4, 0.5) is 0 Å². The highest BCUT2D eigenvalue weighted by Gasteiger charge is 2.18. The quantitative estimate of drug-likeness (QED) is 0.915. The van der Waals surface area contributed by atoms with Gasteiger partial charge in [0.25, 0.3) is 0 Å². The summed E-state index contributed by atoms with van der Waals surface area (Å²) >= 11 is 0. The molecule has 0 saturated heterocycles. The van der Waals surface area contributed by atoms with Gasteiger partial charge in [-0.3, -0.25) is 0 Å². The molecule has 0 unspecified atom stereocenters. The van der Waals surface area contributed by atoms with Gasteiger partial charge in [-0.15, -0.1) is 0 Å². The third-order valence-electron chi connectivity index (χ3n) is 3.32. The predicted octanol–water partition coefficient (Wildman–Crippen LogP) is 2.45. The van der Waals surface area contributed by atoms with Crippen molar-refractivity contribution in [3.63, 3.8) is 0 Å². The lowest BCUT2D eigenvalue weighted by Crippen LogP contribution is -2.02. The monoisotopic (exact) mass is 255 g/mol.